The lowest BCUT2D eigenvalue weighted by molar-refractivity contribution is -0.135. The third-order valence-corrected chi connectivity index (χ3v) is 1.93. The van der Waals surface area contributed by atoms with Crippen molar-refractivity contribution in [1.29, 1.82) is 0 Å². The molecule has 0 saturated carbocycles. The van der Waals surface area contributed by atoms with Gasteiger partial charge in [0, 0.05) is 5.56 Å². The number of carboxylic acids is 1. The molecule has 0 aliphatic rings. The molecule has 0 fully saturated rings. The van der Waals surface area contributed by atoms with Gasteiger partial charge in [0.15, 0.2) is 5.78 Å². The fourth-order valence-electron chi connectivity index (χ4n) is 1.18. The van der Waals surface area contributed by atoms with Crippen LogP contribution in [0.15, 0.2) is 29.6 Å². The van der Waals surface area contributed by atoms with Crippen LogP contribution in [0, 0.1) is 4.91 Å². The van der Waals surface area contributed by atoms with Gasteiger partial charge in [-0.3, -0.25) is 9.59 Å². The lowest BCUT2D eigenvalue weighted by atomic mass is 10.1. The largest absolute Gasteiger partial charge is 0.480 e. The molecule has 0 saturated heterocycles. The highest BCUT2D eigenvalue weighted by Gasteiger charge is 2.12. The first-order valence-electron chi connectivity index (χ1n) is 4.48. The molecule has 0 atom stereocenters. The minimum atomic E-state index is -1.17. The Balaban J connectivity index is 3.01. The Labute approximate surface area is 91.4 Å². The second-order valence-electron chi connectivity index (χ2n) is 3.14. The van der Waals surface area contributed by atoms with E-state index in [1.165, 1.54) is 19.1 Å². The highest BCUT2D eigenvalue weighted by atomic mass is 16.4. The molecule has 16 heavy (non-hydrogen) atoms. The monoisotopic (exact) mass is 222 g/mol. The van der Waals surface area contributed by atoms with Gasteiger partial charge < -0.3 is 5.11 Å². The number of carbonyl (C=O) groups excluding carboxylic acids is 1. The molecular weight excluding hydrogens is 212 g/mol. The number of nitrogens with zero attached hydrogens (tertiary/aromatic N) is 2. The molecular formula is C10H10N2O4. The summed E-state index contributed by atoms with van der Waals surface area (Å²) in [5.41, 5.74) is 0.682. The van der Waals surface area contributed by atoms with Crippen molar-refractivity contribution in [3.8, 4) is 0 Å². The zero-order chi connectivity index (χ0) is 12.1. The summed E-state index contributed by atoms with van der Waals surface area (Å²) in [5.74, 6) is -1.34. The number of hydrogen-bond donors (Lipinski definition) is 1. The molecule has 0 aliphatic carbocycles. The lowest BCUT2D eigenvalue weighted by Crippen LogP contribution is -2.23. The van der Waals surface area contributed by atoms with Crippen LogP contribution in [0.5, 0.6) is 0 Å². The SMILES string of the molecule is CC(=O)c1cccc(N(CC(=O)O)N=O)c1. The van der Waals surface area contributed by atoms with Gasteiger partial charge in [0.2, 0.25) is 0 Å². The van der Waals surface area contributed by atoms with Crippen molar-refractivity contribution in [2.24, 2.45) is 5.29 Å². The summed E-state index contributed by atoms with van der Waals surface area (Å²) >= 11 is 0. The number of rotatable bonds is 5. The van der Waals surface area contributed by atoms with Crippen molar-refractivity contribution in [2.45, 2.75) is 6.92 Å². The van der Waals surface area contributed by atoms with E-state index in [0.29, 0.717) is 5.56 Å². The molecule has 0 aliphatic heterocycles. The van der Waals surface area contributed by atoms with Crippen molar-refractivity contribution in [3.05, 3.63) is 34.7 Å². The normalized spacial score (nSPS) is 9.56. The van der Waals surface area contributed by atoms with Crippen LogP contribution in [0.2, 0.25) is 0 Å². The molecule has 84 valence electrons. The van der Waals surface area contributed by atoms with Crippen molar-refractivity contribution < 1.29 is 14.7 Å². The van der Waals surface area contributed by atoms with Gasteiger partial charge >= 0.3 is 5.97 Å². The van der Waals surface area contributed by atoms with E-state index < -0.39 is 12.5 Å². The Morgan fingerprint density at radius 2 is 2.12 bits per heavy atom. The second kappa shape index (κ2) is 5.01. The van der Waals surface area contributed by atoms with Gasteiger partial charge in [0.05, 0.1) is 11.0 Å². The molecule has 1 aromatic carbocycles. The maximum absolute atomic E-state index is 11.1. The van der Waals surface area contributed by atoms with Crippen LogP contribution >= 0.6 is 0 Å². The average molecular weight is 222 g/mol. The average Bonchev–Trinajstić information content (AvgIpc) is 2.25. The van der Waals surface area contributed by atoms with E-state index in [1.54, 1.807) is 12.1 Å². The van der Waals surface area contributed by atoms with Crippen LogP contribution < -0.4 is 5.01 Å². The maximum Gasteiger partial charge on any atom is 0.325 e. The lowest BCUT2D eigenvalue weighted by Gasteiger charge is -2.12. The van der Waals surface area contributed by atoms with Crippen molar-refractivity contribution in [2.75, 3.05) is 11.6 Å². The third kappa shape index (κ3) is 2.88. The number of Topliss-reactive ketones (excluding diaryl/α,β-unsaturated/α-hetero) is 1. The number of anilines is 1. The summed E-state index contributed by atoms with van der Waals surface area (Å²) in [4.78, 5) is 32.0. The Morgan fingerprint density at radius 3 is 2.62 bits per heavy atom. The van der Waals surface area contributed by atoms with E-state index in [1.807, 2.05) is 0 Å². The van der Waals surface area contributed by atoms with Crippen molar-refractivity contribution >= 4 is 17.4 Å². The Bertz CT molecular complexity index is 431. The zero-order valence-electron chi connectivity index (χ0n) is 8.58. The second-order valence-corrected chi connectivity index (χ2v) is 3.14. The van der Waals surface area contributed by atoms with E-state index in [9.17, 15) is 14.5 Å². The number of benzene rings is 1. The first-order valence-corrected chi connectivity index (χ1v) is 4.48. The molecule has 0 amide bonds. The summed E-state index contributed by atoms with van der Waals surface area (Å²) in [6.07, 6.45) is 0. The van der Waals surface area contributed by atoms with Crippen molar-refractivity contribution in [1.82, 2.24) is 0 Å². The first-order chi connectivity index (χ1) is 7.54. The molecule has 0 unspecified atom stereocenters. The standard InChI is InChI=1S/C10H10N2O4/c1-7(13)8-3-2-4-9(5-8)12(11-16)6-10(14)15/h2-5H,6H2,1H3,(H,14,15). The summed E-state index contributed by atoms with van der Waals surface area (Å²) in [5, 5.41) is 11.9. The van der Waals surface area contributed by atoms with Crippen LogP contribution in [0.1, 0.15) is 17.3 Å². The molecule has 0 heterocycles. The predicted octanol–water partition coefficient (Wildman–Crippen LogP) is 1.46. The smallest absolute Gasteiger partial charge is 0.325 e. The van der Waals surface area contributed by atoms with E-state index in [0.717, 1.165) is 5.01 Å². The molecule has 6 nitrogen and oxygen atoms in total. The van der Waals surface area contributed by atoms with Crippen molar-refractivity contribution in [3.63, 3.8) is 0 Å². The molecule has 0 spiro atoms. The zero-order valence-corrected chi connectivity index (χ0v) is 8.58. The quantitative estimate of drug-likeness (QED) is 0.463. The first kappa shape index (κ1) is 11.8. The number of hydrogen-bond acceptors (Lipinski definition) is 4. The van der Waals surface area contributed by atoms with Crippen LogP contribution in [-0.4, -0.2) is 23.4 Å². The van der Waals surface area contributed by atoms with Crippen LogP contribution in [-0.2, 0) is 4.79 Å². The van der Waals surface area contributed by atoms with Gasteiger partial charge in [-0.25, -0.2) is 5.01 Å². The molecule has 1 aromatic rings. The van der Waals surface area contributed by atoms with Gasteiger partial charge in [-0.05, 0) is 19.1 Å². The van der Waals surface area contributed by atoms with Crippen LogP contribution in [0.4, 0.5) is 5.69 Å². The summed E-state index contributed by atoms with van der Waals surface area (Å²) < 4.78 is 0. The number of aliphatic carboxylic acids is 1. The molecule has 0 aromatic heterocycles. The Kier molecular flexibility index (Phi) is 3.71. The summed E-state index contributed by atoms with van der Waals surface area (Å²) in [6, 6.07) is 6.07. The predicted molar refractivity (Wildman–Crippen MR) is 57.2 cm³/mol. The summed E-state index contributed by atoms with van der Waals surface area (Å²) in [7, 11) is 0. The number of carbonyl (C=O) groups is 2. The molecule has 1 N–H and O–H groups in total. The highest BCUT2D eigenvalue weighted by molar-refractivity contribution is 5.95. The van der Waals surface area contributed by atoms with Crippen LogP contribution in [0.25, 0.3) is 0 Å². The molecule has 6 heteroatoms. The minimum Gasteiger partial charge on any atom is -0.480 e. The van der Waals surface area contributed by atoms with E-state index >= 15 is 0 Å². The van der Waals surface area contributed by atoms with E-state index in [4.69, 9.17) is 5.11 Å². The minimum absolute atomic E-state index is 0.164. The maximum atomic E-state index is 11.1. The number of ketones is 1. The topological polar surface area (TPSA) is 87.0 Å². The van der Waals surface area contributed by atoms with Gasteiger partial charge in [0.1, 0.15) is 6.54 Å². The van der Waals surface area contributed by atoms with Gasteiger partial charge in [-0.15, -0.1) is 4.91 Å². The Morgan fingerprint density at radius 1 is 1.44 bits per heavy atom. The fraction of sp³-hybridized carbons (Fsp3) is 0.200. The van der Waals surface area contributed by atoms with Crippen LogP contribution in [0.3, 0.4) is 0 Å². The molecule has 0 radical (unpaired) electrons. The third-order valence-electron chi connectivity index (χ3n) is 1.93. The van der Waals surface area contributed by atoms with Gasteiger partial charge in [-0.1, -0.05) is 12.1 Å². The highest BCUT2D eigenvalue weighted by Crippen LogP contribution is 2.16. The van der Waals surface area contributed by atoms with E-state index in [2.05, 4.69) is 5.29 Å². The molecule has 0 bridgehead atoms. The Hall–Kier alpha value is -2.24. The summed E-state index contributed by atoms with van der Waals surface area (Å²) in [6.45, 7) is 0.847. The molecule has 1 rings (SSSR count). The fourth-order valence-corrected chi connectivity index (χ4v) is 1.18. The van der Waals surface area contributed by atoms with Gasteiger partial charge in [0.25, 0.3) is 0 Å². The van der Waals surface area contributed by atoms with Gasteiger partial charge in [-0.2, -0.15) is 0 Å². The number of nitroso groups, excluding NO2 is 1. The number of carboxylic acid groups (broad SMARTS) is 1. The van der Waals surface area contributed by atoms with E-state index in [-0.39, 0.29) is 11.5 Å².